The summed E-state index contributed by atoms with van der Waals surface area (Å²) in [5.41, 5.74) is 6.68. The van der Waals surface area contributed by atoms with Gasteiger partial charge in [-0.15, -0.1) is 0 Å². The molecule has 0 N–H and O–H groups in total. The van der Waals surface area contributed by atoms with Gasteiger partial charge in [0.1, 0.15) is 5.75 Å². The molecular weight excluding hydrogens is 554 g/mol. The number of aryl methyl sites for hydroxylation is 1. The molecule has 3 unspecified atom stereocenters. The summed E-state index contributed by atoms with van der Waals surface area (Å²) >= 11 is 7.48. The second-order valence-corrected chi connectivity index (χ2v) is 12.3. The fourth-order valence-electron chi connectivity index (χ4n) is 5.86. The summed E-state index contributed by atoms with van der Waals surface area (Å²) < 4.78 is 38.1. The van der Waals surface area contributed by atoms with Gasteiger partial charge in [0.2, 0.25) is 10.0 Å². The first-order chi connectivity index (χ1) is 15.2. The van der Waals surface area contributed by atoms with Gasteiger partial charge in [-0.05, 0) is 93.1 Å². The van der Waals surface area contributed by atoms with Crippen molar-refractivity contribution in [3.05, 3.63) is 90.9 Å². The lowest BCUT2D eigenvalue weighted by atomic mass is 9.84. The molecule has 1 fully saturated rings. The van der Waals surface area contributed by atoms with E-state index in [0.29, 0.717) is 4.90 Å². The minimum absolute atomic E-state index is 0.0266. The van der Waals surface area contributed by atoms with Crippen LogP contribution in [0.2, 0.25) is 0 Å². The molecule has 3 aromatic carbocycles. The van der Waals surface area contributed by atoms with Gasteiger partial charge in [0.15, 0.2) is 6.23 Å². The SMILES string of the molecule is Cc1ccc(S(=O)(=O)N2C3c4c(C)c(Br)c(Br)c(C)c4[C@@H]4C3c3ccccc3OC42)cc1. The van der Waals surface area contributed by atoms with Gasteiger partial charge < -0.3 is 4.74 Å². The Labute approximate surface area is 204 Å². The van der Waals surface area contributed by atoms with Crippen molar-refractivity contribution in [2.45, 2.75) is 49.8 Å². The van der Waals surface area contributed by atoms with Crippen LogP contribution in [0.4, 0.5) is 0 Å². The number of fused-ring (bicyclic) bond motifs is 3. The van der Waals surface area contributed by atoms with Gasteiger partial charge in [-0.3, -0.25) is 0 Å². The van der Waals surface area contributed by atoms with E-state index in [9.17, 15) is 8.42 Å². The zero-order valence-electron chi connectivity index (χ0n) is 17.8. The van der Waals surface area contributed by atoms with Crippen LogP contribution in [0.5, 0.6) is 5.75 Å². The van der Waals surface area contributed by atoms with Crippen LogP contribution >= 0.6 is 31.9 Å². The standard InChI is InChI=1S/C25H21Br2NO3S/c1-12-8-10-15(11-9-12)32(29,30)28-24-19-14(3)23(27)22(26)13(2)18(19)21-20(24)16-6-4-5-7-17(16)31-25(21)28/h4-11,20-21,24-25H,1-3H3/t20?,21-,24?,25?/m1/s1. The summed E-state index contributed by atoms with van der Waals surface area (Å²) in [5, 5.41) is 0. The molecule has 4 atom stereocenters. The van der Waals surface area contributed by atoms with Gasteiger partial charge in [0.25, 0.3) is 0 Å². The van der Waals surface area contributed by atoms with Crippen molar-refractivity contribution in [3.8, 4) is 5.75 Å². The van der Waals surface area contributed by atoms with E-state index in [2.05, 4.69) is 51.8 Å². The molecule has 4 bridgehead atoms. The molecule has 7 heteroatoms. The van der Waals surface area contributed by atoms with E-state index in [4.69, 9.17) is 4.74 Å². The molecule has 3 aromatic rings. The number of nitrogens with zero attached hydrogens (tertiary/aromatic N) is 1. The second kappa shape index (κ2) is 6.92. The Kier molecular flexibility index (Phi) is 4.52. The molecule has 2 heterocycles. The minimum atomic E-state index is -3.77. The van der Waals surface area contributed by atoms with Gasteiger partial charge in [0.05, 0.1) is 10.9 Å². The van der Waals surface area contributed by atoms with E-state index in [-0.39, 0.29) is 17.9 Å². The van der Waals surface area contributed by atoms with E-state index < -0.39 is 16.3 Å². The fraction of sp³-hybridized carbons (Fsp3) is 0.280. The molecule has 2 aliphatic heterocycles. The molecule has 1 saturated heterocycles. The Bertz CT molecular complexity index is 1400. The lowest BCUT2D eigenvalue weighted by molar-refractivity contribution is 0.0797. The molecule has 0 amide bonds. The Morgan fingerprint density at radius 2 is 1.47 bits per heavy atom. The maximum atomic E-state index is 14.0. The third-order valence-electron chi connectivity index (χ3n) is 7.26. The second-order valence-electron chi connectivity index (χ2n) is 8.90. The summed E-state index contributed by atoms with van der Waals surface area (Å²) in [7, 11) is -3.77. The highest BCUT2D eigenvalue weighted by molar-refractivity contribution is 9.13. The highest BCUT2D eigenvalue weighted by atomic mass is 79.9. The van der Waals surface area contributed by atoms with Gasteiger partial charge in [-0.2, -0.15) is 4.31 Å². The van der Waals surface area contributed by atoms with Crippen LogP contribution in [0.15, 0.2) is 62.4 Å². The Balaban J connectivity index is 1.63. The number of para-hydroxylation sites is 1. The molecule has 6 rings (SSSR count). The van der Waals surface area contributed by atoms with Gasteiger partial charge in [-0.1, -0.05) is 35.9 Å². The average Bonchev–Trinajstić information content (AvgIpc) is 3.24. The third-order valence-corrected chi connectivity index (χ3v) is 11.6. The number of hydrogen-bond acceptors (Lipinski definition) is 3. The number of benzene rings is 3. The number of halogens is 2. The van der Waals surface area contributed by atoms with E-state index in [1.807, 2.05) is 37.3 Å². The Hall–Kier alpha value is -1.67. The first-order valence-corrected chi connectivity index (χ1v) is 13.6. The van der Waals surface area contributed by atoms with Crippen molar-refractivity contribution < 1.29 is 13.2 Å². The van der Waals surface area contributed by atoms with Crippen molar-refractivity contribution in [3.63, 3.8) is 0 Å². The molecule has 1 aliphatic carbocycles. The molecule has 0 radical (unpaired) electrons. The highest BCUT2D eigenvalue weighted by Gasteiger charge is 2.65. The Morgan fingerprint density at radius 3 is 2.16 bits per heavy atom. The molecule has 0 saturated carbocycles. The maximum Gasteiger partial charge on any atom is 0.246 e. The smallest absolute Gasteiger partial charge is 0.246 e. The predicted molar refractivity (Wildman–Crippen MR) is 131 cm³/mol. The van der Waals surface area contributed by atoms with Gasteiger partial charge in [-0.25, -0.2) is 8.42 Å². The summed E-state index contributed by atoms with van der Waals surface area (Å²) in [6.45, 7) is 6.13. The lowest BCUT2D eigenvalue weighted by Crippen LogP contribution is -2.45. The van der Waals surface area contributed by atoms with Crippen molar-refractivity contribution in [2.75, 3.05) is 0 Å². The van der Waals surface area contributed by atoms with Crippen molar-refractivity contribution in [1.29, 1.82) is 0 Å². The normalized spacial score (nSPS) is 25.4. The quantitative estimate of drug-likeness (QED) is 0.352. The first kappa shape index (κ1) is 20.9. The number of ether oxygens (including phenoxy) is 1. The number of rotatable bonds is 2. The summed E-state index contributed by atoms with van der Waals surface area (Å²) in [6.07, 6.45) is -0.565. The number of hydrogen-bond donors (Lipinski definition) is 0. The average molecular weight is 575 g/mol. The van der Waals surface area contributed by atoms with Crippen LogP contribution in [0.25, 0.3) is 0 Å². The van der Waals surface area contributed by atoms with Crippen LogP contribution in [-0.2, 0) is 10.0 Å². The van der Waals surface area contributed by atoms with E-state index in [0.717, 1.165) is 42.5 Å². The highest BCUT2D eigenvalue weighted by Crippen LogP contribution is 2.68. The van der Waals surface area contributed by atoms with Crippen LogP contribution in [0.3, 0.4) is 0 Å². The van der Waals surface area contributed by atoms with Gasteiger partial charge in [0, 0.05) is 26.3 Å². The van der Waals surface area contributed by atoms with Crippen LogP contribution < -0.4 is 4.74 Å². The monoisotopic (exact) mass is 573 g/mol. The molecule has 4 nitrogen and oxygen atoms in total. The third kappa shape index (κ3) is 2.54. The van der Waals surface area contributed by atoms with Crippen molar-refractivity contribution in [2.24, 2.45) is 0 Å². The van der Waals surface area contributed by atoms with E-state index in [1.54, 1.807) is 16.4 Å². The zero-order valence-corrected chi connectivity index (χ0v) is 21.8. The minimum Gasteiger partial charge on any atom is -0.473 e. The summed E-state index contributed by atoms with van der Waals surface area (Å²) in [6, 6.07) is 14.8. The van der Waals surface area contributed by atoms with Crippen molar-refractivity contribution in [1.82, 2.24) is 4.31 Å². The van der Waals surface area contributed by atoms with E-state index in [1.165, 1.54) is 5.56 Å². The molecule has 0 spiro atoms. The first-order valence-electron chi connectivity index (χ1n) is 10.6. The summed E-state index contributed by atoms with van der Waals surface area (Å²) in [4.78, 5) is 0.307. The van der Waals surface area contributed by atoms with Crippen LogP contribution in [0.1, 0.15) is 51.3 Å². The molecule has 164 valence electrons. The van der Waals surface area contributed by atoms with E-state index >= 15 is 0 Å². The number of sulfonamides is 1. The largest absolute Gasteiger partial charge is 0.473 e. The zero-order chi connectivity index (χ0) is 22.5. The van der Waals surface area contributed by atoms with Gasteiger partial charge >= 0.3 is 0 Å². The maximum absolute atomic E-state index is 14.0. The Morgan fingerprint density at radius 1 is 0.844 bits per heavy atom. The van der Waals surface area contributed by atoms with Crippen LogP contribution in [0, 0.1) is 20.8 Å². The lowest BCUT2D eigenvalue weighted by Gasteiger charge is -2.37. The predicted octanol–water partition coefficient (Wildman–Crippen LogP) is 6.48. The molecule has 32 heavy (non-hydrogen) atoms. The molecule has 0 aromatic heterocycles. The topological polar surface area (TPSA) is 46.6 Å². The molecular formula is C25H21Br2NO3S. The van der Waals surface area contributed by atoms with Crippen LogP contribution in [-0.4, -0.2) is 19.0 Å². The molecule has 3 aliphatic rings. The summed E-state index contributed by atoms with van der Waals surface area (Å²) in [5.74, 6) is 0.763. The van der Waals surface area contributed by atoms with Crippen molar-refractivity contribution >= 4 is 41.9 Å². The fourth-order valence-corrected chi connectivity index (χ4v) is 8.59.